The van der Waals surface area contributed by atoms with Crippen molar-refractivity contribution < 1.29 is 27.9 Å². The van der Waals surface area contributed by atoms with Gasteiger partial charge in [-0.1, -0.05) is 70.2 Å². The molecule has 6 aromatic rings. The van der Waals surface area contributed by atoms with Crippen molar-refractivity contribution in [2.75, 3.05) is 11.9 Å². The Morgan fingerprint density at radius 2 is 1.85 bits per heavy atom. The summed E-state index contributed by atoms with van der Waals surface area (Å²) in [6, 6.07) is 17.9. The number of H-pyrrole nitrogens is 1. The second kappa shape index (κ2) is 11.1. The standard InChI is InChI=1S/C41H37N5O6/c1-19(2)18-49-31(47)15-22-13-21-11-12-29-27(14-21)41-26-9-5-8-24(34(26)46-40(41)51-29)23-7-6-10-28-32(23)25(16-42-28)30-17-43-38(50-30)35-36(41)52-39(45-35)33(20(3)4)44-37(22)48/h5-12,14,16-17,19-20,22,33,40,42,46H,13,15,18H2,1-4H3,(H,44,48)/t22-,33+,40+,41?/m1/s1. The molecule has 0 saturated heterocycles. The first kappa shape index (κ1) is 30.9. The fourth-order valence-electron chi connectivity index (χ4n) is 8.49. The minimum absolute atomic E-state index is 0.0637. The maximum absolute atomic E-state index is 14.2. The van der Waals surface area contributed by atoms with Crippen LogP contribution in [-0.4, -0.2) is 39.7 Å². The average molecular weight is 696 g/mol. The van der Waals surface area contributed by atoms with Gasteiger partial charge in [-0.05, 0) is 41.5 Å². The highest BCUT2D eigenvalue weighted by atomic mass is 16.5. The van der Waals surface area contributed by atoms with E-state index in [9.17, 15) is 9.59 Å². The molecule has 262 valence electrons. The molecule has 1 spiro atoms. The van der Waals surface area contributed by atoms with Crippen LogP contribution in [0, 0.1) is 17.8 Å². The fraction of sp³-hybridized carbons (Fsp3) is 0.317. The van der Waals surface area contributed by atoms with Gasteiger partial charge in [0, 0.05) is 45.0 Å². The molecule has 3 aromatic carbocycles. The monoisotopic (exact) mass is 695 g/mol. The van der Waals surface area contributed by atoms with Gasteiger partial charge >= 0.3 is 5.97 Å². The molecule has 4 aliphatic rings. The van der Waals surface area contributed by atoms with Gasteiger partial charge in [-0.15, -0.1) is 0 Å². The van der Waals surface area contributed by atoms with Crippen molar-refractivity contribution in [1.29, 1.82) is 0 Å². The first-order valence-electron chi connectivity index (χ1n) is 17.9. The van der Waals surface area contributed by atoms with E-state index < -0.39 is 29.6 Å². The number of fused-ring (bicyclic) bond motifs is 7. The van der Waals surface area contributed by atoms with Gasteiger partial charge in [-0.2, -0.15) is 0 Å². The number of para-hydroxylation sites is 1. The predicted octanol–water partition coefficient (Wildman–Crippen LogP) is 7.51. The molecule has 3 aromatic heterocycles. The van der Waals surface area contributed by atoms with Crippen molar-refractivity contribution in [3.63, 3.8) is 0 Å². The SMILES string of the molecule is CC(C)COC(=O)C[C@H]1Cc2ccc3c(c2)C24c5cccc(c5N[C@H]2O3)-c2cccc3[nH]cc(c23)-c2cnc(o2)-c2nc(oc24)[C@H](C(C)C)NC1=O. The number of hydrogen-bond acceptors (Lipinski definition) is 9. The summed E-state index contributed by atoms with van der Waals surface area (Å²) in [4.78, 5) is 40.6. The maximum atomic E-state index is 14.2. The molecule has 1 amide bonds. The number of amides is 1. The van der Waals surface area contributed by atoms with Crippen molar-refractivity contribution >= 4 is 28.5 Å². The molecule has 52 heavy (non-hydrogen) atoms. The van der Waals surface area contributed by atoms with Crippen LogP contribution in [0.4, 0.5) is 5.69 Å². The molecule has 4 aliphatic heterocycles. The summed E-state index contributed by atoms with van der Waals surface area (Å²) in [5.74, 6) is 1.09. The summed E-state index contributed by atoms with van der Waals surface area (Å²) in [7, 11) is 0. The van der Waals surface area contributed by atoms with Gasteiger partial charge in [0.1, 0.15) is 17.2 Å². The van der Waals surface area contributed by atoms with Gasteiger partial charge in [0.05, 0.1) is 25.1 Å². The van der Waals surface area contributed by atoms with Crippen molar-refractivity contribution in [1.82, 2.24) is 20.3 Å². The van der Waals surface area contributed by atoms with E-state index in [4.69, 9.17) is 28.3 Å². The van der Waals surface area contributed by atoms with Crippen LogP contribution in [0.3, 0.4) is 0 Å². The number of benzene rings is 3. The van der Waals surface area contributed by atoms with E-state index >= 15 is 0 Å². The number of anilines is 1. The summed E-state index contributed by atoms with van der Waals surface area (Å²) in [6.45, 7) is 8.27. The zero-order chi connectivity index (χ0) is 35.5. The molecule has 0 radical (unpaired) electrons. The van der Waals surface area contributed by atoms with Gasteiger partial charge in [-0.25, -0.2) is 9.97 Å². The Morgan fingerprint density at radius 3 is 2.69 bits per heavy atom. The molecule has 0 saturated carbocycles. The van der Waals surface area contributed by atoms with Gasteiger partial charge < -0.3 is 33.9 Å². The summed E-state index contributed by atoms with van der Waals surface area (Å²) in [5.41, 5.74) is 6.96. The van der Waals surface area contributed by atoms with Crippen LogP contribution in [0.2, 0.25) is 0 Å². The van der Waals surface area contributed by atoms with Crippen molar-refractivity contribution in [2.24, 2.45) is 17.8 Å². The number of aromatic nitrogens is 3. The van der Waals surface area contributed by atoms with E-state index in [0.29, 0.717) is 47.8 Å². The largest absolute Gasteiger partial charge is 0.469 e. The van der Waals surface area contributed by atoms with Gasteiger partial charge in [0.15, 0.2) is 23.4 Å². The van der Waals surface area contributed by atoms with Crippen LogP contribution in [0.1, 0.15) is 68.5 Å². The zero-order valence-corrected chi connectivity index (χ0v) is 29.2. The number of ether oxygens (including phenoxy) is 2. The van der Waals surface area contributed by atoms with Gasteiger partial charge in [0.2, 0.25) is 17.7 Å². The maximum Gasteiger partial charge on any atom is 0.306 e. The summed E-state index contributed by atoms with van der Waals surface area (Å²) in [6.07, 6.45) is 3.33. The Balaban J connectivity index is 1.26. The molecular formula is C41H37N5O6. The molecule has 0 fully saturated rings. The number of nitrogens with zero attached hydrogens (tertiary/aromatic N) is 2. The number of carbonyl (C=O) groups excluding carboxylic acids is 2. The van der Waals surface area contributed by atoms with E-state index in [0.717, 1.165) is 50.0 Å². The van der Waals surface area contributed by atoms with Crippen molar-refractivity contribution in [3.8, 4) is 39.8 Å². The number of esters is 1. The summed E-state index contributed by atoms with van der Waals surface area (Å²) >= 11 is 0. The van der Waals surface area contributed by atoms with E-state index in [1.165, 1.54) is 0 Å². The molecule has 4 atom stereocenters. The quantitative estimate of drug-likeness (QED) is 0.156. The molecule has 11 nitrogen and oxygen atoms in total. The molecule has 7 heterocycles. The molecule has 0 aliphatic carbocycles. The molecular weight excluding hydrogens is 658 g/mol. The third kappa shape index (κ3) is 4.31. The third-order valence-corrected chi connectivity index (χ3v) is 10.9. The Labute approximate surface area is 299 Å². The summed E-state index contributed by atoms with van der Waals surface area (Å²) < 4.78 is 26.0. The number of aromatic amines is 1. The normalized spacial score (nSPS) is 22.0. The Hall–Kier alpha value is -5.84. The van der Waals surface area contributed by atoms with Crippen molar-refractivity contribution in [2.45, 2.75) is 58.2 Å². The van der Waals surface area contributed by atoms with Crippen LogP contribution < -0.4 is 15.4 Å². The molecule has 10 rings (SSSR count). The highest BCUT2D eigenvalue weighted by Crippen LogP contribution is 2.61. The number of carbonyl (C=O) groups is 2. The van der Waals surface area contributed by atoms with Crippen LogP contribution in [-0.2, 0) is 26.2 Å². The number of hydrogen-bond donors (Lipinski definition) is 3. The molecule has 10 bridgehead atoms. The van der Waals surface area contributed by atoms with Crippen LogP contribution in [0.5, 0.6) is 5.75 Å². The van der Waals surface area contributed by atoms with Gasteiger partial charge in [0.25, 0.3) is 0 Å². The number of oxazole rings is 2. The van der Waals surface area contributed by atoms with E-state index in [1.807, 2.05) is 52.1 Å². The zero-order valence-electron chi connectivity index (χ0n) is 29.2. The van der Waals surface area contributed by atoms with Crippen LogP contribution >= 0.6 is 0 Å². The topological polar surface area (TPSA) is 145 Å². The smallest absolute Gasteiger partial charge is 0.306 e. The Morgan fingerprint density at radius 1 is 1.00 bits per heavy atom. The lowest BCUT2D eigenvalue weighted by atomic mass is 9.72. The first-order valence-corrected chi connectivity index (χ1v) is 17.9. The second-order valence-electron chi connectivity index (χ2n) is 15.1. The molecule has 11 heteroatoms. The lowest BCUT2D eigenvalue weighted by molar-refractivity contribution is -0.148. The fourth-order valence-corrected chi connectivity index (χ4v) is 8.49. The van der Waals surface area contributed by atoms with E-state index in [2.05, 4.69) is 52.0 Å². The van der Waals surface area contributed by atoms with Gasteiger partial charge in [-0.3, -0.25) is 9.59 Å². The average Bonchev–Trinajstić information content (AvgIpc) is 3.95. The van der Waals surface area contributed by atoms with Crippen LogP contribution in [0.15, 0.2) is 75.8 Å². The number of rotatable bonds is 5. The second-order valence-corrected chi connectivity index (χ2v) is 15.1. The number of nitrogens with one attached hydrogen (secondary N) is 3. The summed E-state index contributed by atoms with van der Waals surface area (Å²) in [5, 5.41) is 8.01. The Bertz CT molecular complexity index is 2450. The lowest BCUT2D eigenvalue weighted by Crippen LogP contribution is -2.40. The molecule has 1 unspecified atom stereocenters. The first-order chi connectivity index (χ1) is 25.2. The minimum atomic E-state index is -1.02. The van der Waals surface area contributed by atoms with E-state index in [1.54, 1.807) is 6.20 Å². The Kier molecular flexibility index (Phi) is 6.59. The third-order valence-electron chi connectivity index (χ3n) is 10.9. The predicted molar refractivity (Wildman–Crippen MR) is 192 cm³/mol. The van der Waals surface area contributed by atoms with E-state index in [-0.39, 0.29) is 24.2 Å². The molecule has 3 N–H and O–H groups in total. The lowest BCUT2D eigenvalue weighted by Gasteiger charge is -2.28. The van der Waals surface area contributed by atoms with Crippen molar-refractivity contribution in [3.05, 3.63) is 95.3 Å². The minimum Gasteiger partial charge on any atom is -0.469 e. The highest BCUT2D eigenvalue weighted by Gasteiger charge is 2.61. The highest BCUT2D eigenvalue weighted by molar-refractivity contribution is 6.07. The van der Waals surface area contributed by atoms with Crippen LogP contribution in [0.25, 0.3) is 44.9 Å².